The van der Waals surface area contributed by atoms with Gasteiger partial charge in [0.2, 0.25) is 0 Å². The lowest BCUT2D eigenvalue weighted by Crippen LogP contribution is -2.20. The molecule has 4 heteroatoms. The maximum absolute atomic E-state index is 13.5. The van der Waals surface area contributed by atoms with Crippen molar-refractivity contribution in [3.8, 4) is 6.07 Å². The second-order valence-electron chi connectivity index (χ2n) is 4.17. The van der Waals surface area contributed by atoms with Crippen LogP contribution in [-0.2, 0) is 0 Å². The number of aliphatic hydroxyl groups excluding tert-OH is 1. The van der Waals surface area contributed by atoms with E-state index in [0.717, 1.165) is 5.69 Å². The van der Waals surface area contributed by atoms with Gasteiger partial charge in [0.25, 0.3) is 0 Å². The van der Waals surface area contributed by atoms with Crippen LogP contribution in [0.5, 0.6) is 0 Å². The molecule has 1 aromatic rings. The van der Waals surface area contributed by atoms with Crippen LogP contribution in [0.2, 0.25) is 0 Å². The summed E-state index contributed by atoms with van der Waals surface area (Å²) in [6.07, 6.45) is -0.337. The molecule has 0 aromatic heterocycles. The Hall–Kier alpha value is -1.60. The number of nitrogens with zero attached hydrogens (tertiary/aromatic N) is 2. The lowest BCUT2D eigenvalue weighted by Gasteiger charge is -2.23. The first-order valence-electron chi connectivity index (χ1n) is 5.53. The van der Waals surface area contributed by atoms with Crippen LogP contribution in [-0.4, -0.2) is 18.7 Å². The Morgan fingerprint density at radius 1 is 1.53 bits per heavy atom. The highest BCUT2D eigenvalue weighted by atomic mass is 19.1. The van der Waals surface area contributed by atoms with Gasteiger partial charge in [-0.2, -0.15) is 5.26 Å². The molecule has 0 aliphatic carbocycles. The molecule has 0 radical (unpaired) electrons. The molecule has 1 atom stereocenters. The van der Waals surface area contributed by atoms with Gasteiger partial charge in [-0.3, -0.25) is 0 Å². The third-order valence-corrected chi connectivity index (χ3v) is 2.73. The zero-order chi connectivity index (χ0) is 13.0. The highest BCUT2D eigenvalue weighted by molar-refractivity contribution is 5.56. The Kier molecular flexibility index (Phi) is 4.47. The monoisotopic (exact) mass is 236 g/mol. The van der Waals surface area contributed by atoms with Crippen molar-refractivity contribution in [2.24, 2.45) is 0 Å². The Labute approximate surface area is 101 Å². The number of halogens is 1. The molecule has 0 unspecified atom stereocenters. The topological polar surface area (TPSA) is 47.3 Å². The van der Waals surface area contributed by atoms with Gasteiger partial charge in [0.1, 0.15) is 5.82 Å². The van der Waals surface area contributed by atoms with Crippen molar-refractivity contribution in [3.05, 3.63) is 29.1 Å². The second kappa shape index (κ2) is 5.65. The molecular weight excluding hydrogens is 219 g/mol. The molecule has 0 aliphatic heterocycles. The summed E-state index contributed by atoms with van der Waals surface area (Å²) in [7, 11) is 1.83. The Bertz CT molecular complexity index is 438. The lowest BCUT2D eigenvalue weighted by atomic mass is 10.0. The summed E-state index contributed by atoms with van der Waals surface area (Å²) >= 11 is 0. The second-order valence-corrected chi connectivity index (χ2v) is 4.17. The van der Waals surface area contributed by atoms with Crippen molar-refractivity contribution in [2.75, 3.05) is 18.5 Å². The number of nitriles is 1. The molecule has 0 heterocycles. The van der Waals surface area contributed by atoms with E-state index < -0.39 is 6.10 Å². The summed E-state index contributed by atoms with van der Waals surface area (Å²) < 4.78 is 13.5. The van der Waals surface area contributed by atoms with E-state index in [9.17, 15) is 9.50 Å². The van der Waals surface area contributed by atoms with Gasteiger partial charge in [-0.25, -0.2) is 4.39 Å². The van der Waals surface area contributed by atoms with E-state index in [1.165, 1.54) is 6.07 Å². The van der Waals surface area contributed by atoms with Crippen molar-refractivity contribution in [1.29, 1.82) is 5.26 Å². The van der Waals surface area contributed by atoms with Crippen LogP contribution >= 0.6 is 0 Å². The van der Waals surface area contributed by atoms with Gasteiger partial charge in [0.15, 0.2) is 0 Å². The number of hydrogen-bond acceptors (Lipinski definition) is 3. The fourth-order valence-electron chi connectivity index (χ4n) is 1.69. The Morgan fingerprint density at radius 2 is 2.18 bits per heavy atom. The SMILES string of the molecule is Cc1cc(N(C)CCC#N)c([C@H](C)O)cc1F. The van der Waals surface area contributed by atoms with E-state index in [4.69, 9.17) is 5.26 Å². The van der Waals surface area contributed by atoms with Crippen molar-refractivity contribution in [2.45, 2.75) is 26.4 Å². The van der Waals surface area contributed by atoms with Gasteiger partial charge in [-0.15, -0.1) is 0 Å². The number of anilines is 1. The van der Waals surface area contributed by atoms with Crippen molar-refractivity contribution in [1.82, 2.24) is 0 Å². The standard InChI is InChI=1S/C13H17FN2O/c1-9-7-13(16(3)6-4-5-15)11(10(2)17)8-12(9)14/h7-8,10,17H,4,6H2,1-3H3/t10-/m0/s1. The van der Waals surface area contributed by atoms with Crippen LogP contribution < -0.4 is 4.90 Å². The number of hydrogen-bond donors (Lipinski definition) is 1. The molecule has 1 N–H and O–H groups in total. The summed E-state index contributed by atoms with van der Waals surface area (Å²) in [5, 5.41) is 18.2. The van der Waals surface area contributed by atoms with Gasteiger partial charge >= 0.3 is 0 Å². The van der Waals surface area contributed by atoms with Crippen LogP contribution in [0.4, 0.5) is 10.1 Å². The first kappa shape index (κ1) is 13.5. The predicted molar refractivity (Wildman–Crippen MR) is 65.3 cm³/mol. The highest BCUT2D eigenvalue weighted by Crippen LogP contribution is 2.28. The van der Waals surface area contributed by atoms with E-state index in [1.54, 1.807) is 19.9 Å². The minimum absolute atomic E-state index is 0.321. The number of aliphatic hydroxyl groups is 1. The fourth-order valence-corrected chi connectivity index (χ4v) is 1.69. The van der Waals surface area contributed by atoms with Gasteiger partial charge in [0.05, 0.1) is 18.6 Å². The lowest BCUT2D eigenvalue weighted by molar-refractivity contribution is 0.199. The average Bonchev–Trinajstić information content (AvgIpc) is 2.28. The zero-order valence-corrected chi connectivity index (χ0v) is 10.4. The first-order valence-corrected chi connectivity index (χ1v) is 5.53. The molecule has 0 bridgehead atoms. The predicted octanol–water partition coefficient (Wildman–Crippen LogP) is 2.54. The number of benzene rings is 1. The molecule has 3 nitrogen and oxygen atoms in total. The average molecular weight is 236 g/mol. The van der Waals surface area contributed by atoms with Gasteiger partial charge in [0, 0.05) is 24.8 Å². The summed E-state index contributed by atoms with van der Waals surface area (Å²) in [6.45, 7) is 3.84. The zero-order valence-electron chi connectivity index (χ0n) is 10.4. The molecule has 0 aliphatic rings. The van der Waals surface area contributed by atoms with Gasteiger partial charge in [-0.05, 0) is 31.5 Å². The largest absolute Gasteiger partial charge is 0.389 e. The quantitative estimate of drug-likeness (QED) is 0.873. The van der Waals surface area contributed by atoms with Crippen LogP contribution in [0.3, 0.4) is 0 Å². The van der Waals surface area contributed by atoms with Crippen molar-refractivity contribution < 1.29 is 9.50 Å². The van der Waals surface area contributed by atoms with Crippen molar-refractivity contribution in [3.63, 3.8) is 0 Å². The van der Waals surface area contributed by atoms with E-state index in [1.807, 2.05) is 11.9 Å². The van der Waals surface area contributed by atoms with Gasteiger partial charge in [-0.1, -0.05) is 0 Å². The van der Waals surface area contributed by atoms with Crippen molar-refractivity contribution >= 4 is 5.69 Å². The summed E-state index contributed by atoms with van der Waals surface area (Å²) in [5.41, 5.74) is 1.86. The molecule has 92 valence electrons. The molecule has 1 rings (SSSR count). The highest BCUT2D eigenvalue weighted by Gasteiger charge is 2.14. The van der Waals surface area contributed by atoms with Crippen LogP contribution in [0.1, 0.15) is 30.6 Å². The molecule has 0 fully saturated rings. The van der Waals surface area contributed by atoms with E-state index in [2.05, 4.69) is 6.07 Å². The van der Waals surface area contributed by atoms with Crippen LogP contribution in [0.25, 0.3) is 0 Å². The normalized spacial score (nSPS) is 12.0. The molecule has 0 saturated heterocycles. The Morgan fingerprint density at radius 3 is 2.71 bits per heavy atom. The Balaban J connectivity index is 3.12. The smallest absolute Gasteiger partial charge is 0.126 e. The van der Waals surface area contributed by atoms with Gasteiger partial charge < -0.3 is 10.0 Å². The third kappa shape index (κ3) is 3.18. The molecule has 0 amide bonds. The third-order valence-electron chi connectivity index (χ3n) is 2.73. The van der Waals surface area contributed by atoms with E-state index in [0.29, 0.717) is 24.1 Å². The van der Waals surface area contributed by atoms with E-state index >= 15 is 0 Å². The maximum Gasteiger partial charge on any atom is 0.126 e. The molecular formula is C13H17FN2O. The summed E-state index contributed by atoms with van der Waals surface area (Å²) in [4.78, 5) is 1.86. The fraction of sp³-hybridized carbons (Fsp3) is 0.462. The first-order chi connectivity index (χ1) is 7.97. The van der Waals surface area contributed by atoms with Crippen LogP contribution in [0.15, 0.2) is 12.1 Å². The minimum Gasteiger partial charge on any atom is -0.389 e. The summed E-state index contributed by atoms with van der Waals surface area (Å²) in [6, 6.07) is 5.13. The molecule has 17 heavy (non-hydrogen) atoms. The van der Waals surface area contributed by atoms with E-state index in [-0.39, 0.29) is 5.82 Å². The number of aryl methyl sites for hydroxylation is 1. The molecule has 1 aromatic carbocycles. The molecule has 0 spiro atoms. The minimum atomic E-state index is -0.732. The van der Waals surface area contributed by atoms with Crippen LogP contribution in [0, 0.1) is 24.1 Å². The number of rotatable bonds is 4. The molecule has 0 saturated carbocycles. The maximum atomic E-state index is 13.5. The summed E-state index contributed by atoms with van der Waals surface area (Å²) in [5.74, 6) is -0.321.